The minimum Gasteiger partial charge on any atom is -0.346 e. The lowest BCUT2D eigenvalue weighted by Gasteiger charge is -2.01. The first-order chi connectivity index (χ1) is 9.31. The molecule has 0 spiro atoms. The SMILES string of the molecule is Fc1cnc2[nH]cc(-c3ccn4nccc4c3)c2c1. The lowest BCUT2D eigenvalue weighted by atomic mass is 10.1. The van der Waals surface area contributed by atoms with Crippen molar-refractivity contribution in [1.82, 2.24) is 19.6 Å². The molecule has 0 radical (unpaired) electrons. The van der Waals surface area contributed by atoms with Crippen LogP contribution >= 0.6 is 0 Å². The standard InChI is InChI=1S/C14H9FN4/c15-10-6-12-13(8-17-14(12)16-7-10)9-2-4-19-11(5-9)1-3-18-19/h1-8H,(H,16,17). The van der Waals surface area contributed by atoms with Crippen molar-refractivity contribution in [2.45, 2.75) is 0 Å². The van der Waals surface area contributed by atoms with E-state index in [4.69, 9.17) is 0 Å². The molecule has 4 heterocycles. The molecule has 4 rings (SSSR count). The Balaban J connectivity index is 2.00. The summed E-state index contributed by atoms with van der Waals surface area (Å²) >= 11 is 0. The first-order valence-corrected chi connectivity index (χ1v) is 5.88. The molecule has 0 aliphatic carbocycles. The molecule has 5 heteroatoms. The summed E-state index contributed by atoms with van der Waals surface area (Å²) in [5.41, 5.74) is 3.62. The Morgan fingerprint density at radius 2 is 2.16 bits per heavy atom. The van der Waals surface area contributed by atoms with Crippen LogP contribution in [-0.2, 0) is 0 Å². The maximum absolute atomic E-state index is 13.3. The lowest BCUT2D eigenvalue weighted by molar-refractivity contribution is 0.624. The molecule has 0 saturated carbocycles. The number of rotatable bonds is 1. The van der Waals surface area contributed by atoms with Crippen LogP contribution in [0.2, 0.25) is 0 Å². The molecule has 0 saturated heterocycles. The predicted molar refractivity (Wildman–Crippen MR) is 70.2 cm³/mol. The number of aromatic nitrogens is 4. The molecule has 0 unspecified atom stereocenters. The monoisotopic (exact) mass is 252 g/mol. The van der Waals surface area contributed by atoms with Crippen molar-refractivity contribution in [3.8, 4) is 11.1 Å². The molecule has 1 N–H and O–H groups in total. The van der Waals surface area contributed by atoms with E-state index in [1.807, 2.05) is 30.6 Å². The Morgan fingerprint density at radius 1 is 1.21 bits per heavy atom. The Kier molecular flexibility index (Phi) is 1.97. The highest BCUT2D eigenvalue weighted by molar-refractivity contribution is 5.94. The van der Waals surface area contributed by atoms with Crippen molar-refractivity contribution in [3.63, 3.8) is 0 Å². The molecule has 0 atom stereocenters. The van der Waals surface area contributed by atoms with Gasteiger partial charge in [0.1, 0.15) is 11.5 Å². The quantitative estimate of drug-likeness (QED) is 0.566. The zero-order valence-corrected chi connectivity index (χ0v) is 9.84. The largest absolute Gasteiger partial charge is 0.346 e. The minimum absolute atomic E-state index is 0.334. The number of H-pyrrole nitrogens is 1. The van der Waals surface area contributed by atoms with Crippen molar-refractivity contribution < 1.29 is 4.39 Å². The smallest absolute Gasteiger partial charge is 0.142 e. The molecule has 0 aliphatic heterocycles. The van der Waals surface area contributed by atoms with Crippen LogP contribution < -0.4 is 0 Å². The summed E-state index contributed by atoms with van der Waals surface area (Å²) in [6, 6.07) is 7.39. The van der Waals surface area contributed by atoms with Gasteiger partial charge in [0.2, 0.25) is 0 Å². The van der Waals surface area contributed by atoms with Crippen LogP contribution in [0.4, 0.5) is 4.39 Å². The zero-order chi connectivity index (χ0) is 12.8. The number of hydrogen-bond acceptors (Lipinski definition) is 2. The van der Waals surface area contributed by atoms with Gasteiger partial charge in [-0.3, -0.25) is 0 Å². The summed E-state index contributed by atoms with van der Waals surface area (Å²) in [5.74, 6) is -0.334. The van der Waals surface area contributed by atoms with E-state index in [0.29, 0.717) is 5.65 Å². The fourth-order valence-corrected chi connectivity index (χ4v) is 2.31. The average molecular weight is 252 g/mol. The predicted octanol–water partition coefficient (Wildman–Crippen LogP) is 3.02. The van der Waals surface area contributed by atoms with Crippen LogP contribution in [0.3, 0.4) is 0 Å². The van der Waals surface area contributed by atoms with Gasteiger partial charge in [-0.05, 0) is 29.8 Å². The maximum atomic E-state index is 13.3. The van der Waals surface area contributed by atoms with Crippen molar-refractivity contribution in [2.24, 2.45) is 0 Å². The van der Waals surface area contributed by atoms with Crippen LogP contribution in [0.25, 0.3) is 27.7 Å². The van der Waals surface area contributed by atoms with Gasteiger partial charge in [0.05, 0.1) is 11.7 Å². The molecule has 92 valence electrons. The second kappa shape index (κ2) is 3.65. The molecule has 4 nitrogen and oxygen atoms in total. The second-order valence-corrected chi connectivity index (χ2v) is 4.37. The highest BCUT2D eigenvalue weighted by atomic mass is 19.1. The van der Waals surface area contributed by atoms with Crippen molar-refractivity contribution in [3.05, 3.63) is 54.9 Å². The maximum Gasteiger partial charge on any atom is 0.142 e. The van der Waals surface area contributed by atoms with Crippen LogP contribution in [0.1, 0.15) is 0 Å². The van der Waals surface area contributed by atoms with Gasteiger partial charge in [-0.15, -0.1) is 0 Å². The molecule has 0 aliphatic rings. The molecule has 19 heavy (non-hydrogen) atoms. The van der Waals surface area contributed by atoms with Gasteiger partial charge < -0.3 is 4.98 Å². The van der Waals surface area contributed by atoms with Crippen LogP contribution in [0.15, 0.2) is 49.1 Å². The fourth-order valence-electron chi connectivity index (χ4n) is 2.31. The van der Waals surface area contributed by atoms with Crippen LogP contribution in [0.5, 0.6) is 0 Å². The molecule has 4 aromatic heterocycles. The van der Waals surface area contributed by atoms with Gasteiger partial charge in [-0.1, -0.05) is 0 Å². The first kappa shape index (κ1) is 10.3. The lowest BCUT2D eigenvalue weighted by Crippen LogP contribution is -1.86. The van der Waals surface area contributed by atoms with Gasteiger partial charge in [0, 0.05) is 29.5 Å². The van der Waals surface area contributed by atoms with Crippen molar-refractivity contribution in [1.29, 1.82) is 0 Å². The fraction of sp³-hybridized carbons (Fsp3) is 0. The third kappa shape index (κ3) is 1.52. The highest BCUT2D eigenvalue weighted by Crippen LogP contribution is 2.28. The van der Waals surface area contributed by atoms with Gasteiger partial charge >= 0.3 is 0 Å². The topological polar surface area (TPSA) is 46.0 Å². The van der Waals surface area contributed by atoms with E-state index < -0.39 is 0 Å². The molecule has 0 fully saturated rings. The molecule has 4 aromatic rings. The first-order valence-electron chi connectivity index (χ1n) is 5.88. The summed E-state index contributed by atoms with van der Waals surface area (Å²) in [7, 11) is 0. The van der Waals surface area contributed by atoms with Crippen LogP contribution in [0, 0.1) is 5.82 Å². The van der Waals surface area contributed by atoms with E-state index in [-0.39, 0.29) is 5.82 Å². The number of halogens is 1. The minimum atomic E-state index is -0.334. The number of fused-ring (bicyclic) bond motifs is 2. The summed E-state index contributed by atoms with van der Waals surface area (Å²) in [6.45, 7) is 0. The van der Waals surface area contributed by atoms with E-state index in [1.54, 1.807) is 10.7 Å². The van der Waals surface area contributed by atoms with E-state index in [1.165, 1.54) is 12.3 Å². The van der Waals surface area contributed by atoms with E-state index >= 15 is 0 Å². The molecular formula is C14H9FN4. The number of nitrogens with zero attached hydrogens (tertiary/aromatic N) is 3. The van der Waals surface area contributed by atoms with Gasteiger partial charge in [-0.25, -0.2) is 13.9 Å². The van der Waals surface area contributed by atoms with Gasteiger partial charge in [0.15, 0.2) is 0 Å². The third-order valence-corrected chi connectivity index (χ3v) is 3.21. The summed E-state index contributed by atoms with van der Waals surface area (Å²) < 4.78 is 15.1. The molecule has 0 amide bonds. The normalized spacial score (nSPS) is 11.4. The highest BCUT2D eigenvalue weighted by Gasteiger charge is 2.08. The molecular weight excluding hydrogens is 243 g/mol. The Bertz CT molecular complexity index is 891. The molecule has 0 aromatic carbocycles. The van der Waals surface area contributed by atoms with Crippen molar-refractivity contribution >= 4 is 16.6 Å². The number of pyridine rings is 2. The Hall–Kier alpha value is -2.69. The average Bonchev–Trinajstić information content (AvgIpc) is 3.03. The Morgan fingerprint density at radius 3 is 3.11 bits per heavy atom. The van der Waals surface area contributed by atoms with Gasteiger partial charge in [0.25, 0.3) is 0 Å². The third-order valence-electron chi connectivity index (χ3n) is 3.21. The van der Waals surface area contributed by atoms with Gasteiger partial charge in [-0.2, -0.15) is 5.10 Å². The zero-order valence-electron chi connectivity index (χ0n) is 9.84. The number of nitrogens with one attached hydrogen (secondary N) is 1. The summed E-state index contributed by atoms with van der Waals surface area (Å²) in [4.78, 5) is 7.09. The molecule has 0 bridgehead atoms. The van der Waals surface area contributed by atoms with Crippen molar-refractivity contribution in [2.75, 3.05) is 0 Å². The van der Waals surface area contributed by atoms with E-state index in [2.05, 4.69) is 15.1 Å². The second-order valence-electron chi connectivity index (χ2n) is 4.37. The number of hydrogen-bond donors (Lipinski definition) is 1. The van der Waals surface area contributed by atoms with E-state index in [0.717, 1.165) is 22.0 Å². The Labute approximate surface area is 107 Å². The summed E-state index contributed by atoms with van der Waals surface area (Å²) in [5, 5.41) is 4.94. The van der Waals surface area contributed by atoms with Crippen LogP contribution in [-0.4, -0.2) is 19.6 Å². The summed E-state index contributed by atoms with van der Waals surface area (Å²) in [6.07, 6.45) is 6.69. The van der Waals surface area contributed by atoms with E-state index in [9.17, 15) is 4.39 Å². The number of aromatic amines is 1.